The summed E-state index contributed by atoms with van der Waals surface area (Å²) in [5.41, 5.74) is 0.437. The highest BCUT2D eigenvalue weighted by Crippen LogP contribution is 2.35. The van der Waals surface area contributed by atoms with E-state index in [1.807, 2.05) is 7.05 Å². The summed E-state index contributed by atoms with van der Waals surface area (Å²) >= 11 is 5.89. The van der Waals surface area contributed by atoms with Gasteiger partial charge in [-0.2, -0.15) is 0 Å². The van der Waals surface area contributed by atoms with Crippen molar-refractivity contribution in [2.75, 3.05) is 38.1 Å². The van der Waals surface area contributed by atoms with Crippen molar-refractivity contribution in [2.45, 2.75) is 13.2 Å². The molecular formula is C21H23ClN6O5. The smallest absolute Gasteiger partial charge is 0.412 e. The Morgan fingerprint density at radius 3 is 2.48 bits per heavy atom. The normalized spacial score (nSPS) is 17.9. The molecule has 0 saturated carbocycles. The number of ether oxygens (including phenoxy) is 2. The highest BCUT2D eigenvalue weighted by molar-refractivity contribution is 6.30. The molecule has 2 aromatic rings. The van der Waals surface area contributed by atoms with Gasteiger partial charge < -0.3 is 19.3 Å². The van der Waals surface area contributed by atoms with E-state index in [-0.39, 0.29) is 5.69 Å². The number of anilines is 1. The lowest BCUT2D eigenvalue weighted by molar-refractivity contribution is -0.123. The van der Waals surface area contributed by atoms with Gasteiger partial charge in [-0.1, -0.05) is 17.7 Å². The summed E-state index contributed by atoms with van der Waals surface area (Å²) in [7, 11) is 2.00. The highest BCUT2D eigenvalue weighted by Gasteiger charge is 2.44. The maximum Gasteiger partial charge on any atom is 0.412 e. The summed E-state index contributed by atoms with van der Waals surface area (Å²) in [6, 6.07) is 3.20. The van der Waals surface area contributed by atoms with E-state index < -0.39 is 18.2 Å². The number of carbonyl (C=O) groups is 3. The summed E-state index contributed by atoms with van der Waals surface area (Å²) in [4.78, 5) is 52.3. The molecule has 0 N–H and O–H groups in total. The lowest BCUT2D eigenvalue weighted by Gasteiger charge is -2.33. The topological polar surface area (TPSA) is 118 Å². The molecule has 12 heteroatoms. The molecule has 2 amide bonds. The Labute approximate surface area is 195 Å². The molecule has 4 heterocycles. The zero-order chi connectivity index (χ0) is 23.8. The minimum atomic E-state index is -1.03. The number of piperazine rings is 1. The summed E-state index contributed by atoms with van der Waals surface area (Å²) in [5.74, 6) is -0.121. The largest absolute Gasteiger partial charge is 0.437 e. The Hall–Kier alpha value is -3.57. The SMILES string of the molecule is C/C=C/OC=O.CN1CCN(C(=O)OC2c3nccnc3C(=O)N2c2ccc(Cl)cn2)CC1. The van der Waals surface area contributed by atoms with Gasteiger partial charge in [-0.3, -0.25) is 14.6 Å². The second-order valence-corrected chi connectivity index (χ2v) is 7.46. The van der Waals surface area contributed by atoms with Crippen LogP contribution < -0.4 is 4.90 Å². The van der Waals surface area contributed by atoms with Crippen LogP contribution in [0.2, 0.25) is 5.02 Å². The van der Waals surface area contributed by atoms with E-state index in [9.17, 15) is 14.4 Å². The molecule has 1 fully saturated rings. The standard InChI is InChI=1S/C17H17ClN6O3.C4H6O2/c1-22-6-8-23(9-7-22)17(26)27-16-14-13(19-4-5-20-14)15(25)24(16)12-3-2-11(18)10-21-12;1-2-3-6-4-5/h2-5,10,16H,6-9H2,1H3;2-4H,1H3/b;3-2+. The van der Waals surface area contributed by atoms with E-state index in [0.717, 1.165) is 13.1 Å². The number of pyridine rings is 1. The molecule has 0 bridgehead atoms. The molecule has 0 radical (unpaired) electrons. The molecule has 2 aliphatic rings. The third-order valence-electron chi connectivity index (χ3n) is 4.82. The summed E-state index contributed by atoms with van der Waals surface area (Å²) in [6.07, 6.45) is 5.73. The molecule has 1 saturated heterocycles. The number of allylic oxidation sites excluding steroid dienone is 1. The Morgan fingerprint density at radius 1 is 1.15 bits per heavy atom. The van der Waals surface area contributed by atoms with Crippen molar-refractivity contribution in [3.63, 3.8) is 0 Å². The fourth-order valence-electron chi connectivity index (χ4n) is 3.15. The zero-order valence-corrected chi connectivity index (χ0v) is 18.9. The number of nitrogens with zero attached hydrogens (tertiary/aromatic N) is 6. The van der Waals surface area contributed by atoms with Crippen LogP contribution in [0.3, 0.4) is 0 Å². The summed E-state index contributed by atoms with van der Waals surface area (Å²) in [5, 5.41) is 0.435. The third-order valence-corrected chi connectivity index (χ3v) is 5.04. The third kappa shape index (κ3) is 5.82. The minimum Gasteiger partial charge on any atom is -0.437 e. The predicted molar refractivity (Wildman–Crippen MR) is 118 cm³/mol. The number of fused-ring (bicyclic) bond motifs is 1. The molecule has 11 nitrogen and oxygen atoms in total. The van der Waals surface area contributed by atoms with Crippen molar-refractivity contribution in [3.8, 4) is 0 Å². The molecule has 174 valence electrons. The van der Waals surface area contributed by atoms with Gasteiger partial charge >= 0.3 is 6.09 Å². The summed E-state index contributed by atoms with van der Waals surface area (Å²) < 4.78 is 9.80. The summed E-state index contributed by atoms with van der Waals surface area (Å²) in [6.45, 7) is 4.78. The van der Waals surface area contributed by atoms with Crippen molar-refractivity contribution < 1.29 is 23.9 Å². The quantitative estimate of drug-likeness (QED) is 0.485. The van der Waals surface area contributed by atoms with Crippen LogP contribution in [0.25, 0.3) is 0 Å². The minimum absolute atomic E-state index is 0.144. The first-order valence-corrected chi connectivity index (χ1v) is 10.4. The van der Waals surface area contributed by atoms with E-state index in [4.69, 9.17) is 16.3 Å². The maximum absolute atomic E-state index is 12.8. The monoisotopic (exact) mass is 474 g/mol. The van der Waals surface area contributed by atoms with Crippen molar-refractivity contribution in [3.05, 3.63) is 59.5 Å². The fraction of sp³-hybridized carbons (Fsp3) is 0.333. The van der Waals surface area contributed by atoms with Crippen LogP contribution >= 0.6 is 11.6 Å². The van der Waals surface area contributed by atoms with Crippen molar-refractivity contribution in [2.24, 2.45) is 0 Å². The van der Waals surface area contributed by atoms with Crippen LogP contribution in [0.15, 0.2) is 43.1 Å². The average Bonchev–Trinajstić information content (AvgIpc) is 3.10. The van der Waals surface area contributed by atoms with E-state index in [0.29, 0.717) is 36.1 Å². The molecule has 0 spiro atoms. The maximum atomic E-state index is 12.8. The van der Waals surface area contributed by atoms with E-state index in [1.165, 1.54) is 29.8 Å². The number of hydrogen-bond acceptors (Lipinski definition) is 9. The van der Waals surface area contributed by atoms with Gasteiger partial charge in [0.05, 0.1) is 11.3 Å². The molecule has 0 aliphatic carbocycles. The number of carbonyl (C=O) groups excluding carboxylic acids is 3. The Bertz CT molecular complexity index is 1010. The van der Waals surface area contributed by atoms with Gasteiger partial charge in [-0.15, -0.1) is 0 Å². The lowest BCUT2D eigenvalue weighted by Crippen LogP contribution is -2.48. The molecule has 2 aliphatic heterocycles. The first-order valence-electron chi connectivity index (χ1n) is 10.1. The van der Waals surface area contributed by atoms with Crippen LogP contribution in [-0.4, -0.2) is 76.5 Å². The zero-order valence-electron chi connectivity index (χ0n) is 18.1. The van der Waals surface area contributed by atoms with Crippen LogP contribution in [0.1, 0.15) is 29.3 Å². The van der Waals surface area contributed by atoms with Gasteiger partial charge in [0.15, 0.2) is 5.69 Å². The average molecular weight is 475 g/mol. The number of amides is 2. The first-order chi connectivity index (χ1) is 16.0. The number of hydrogen-bond donors (Lipinski definition) is 0. The molecule has 0 aromatic carbocycles. The predicted octanol–water partition coefficient (Wildman–Crippen LogP) is 2.26. The molecule has 4 rings (SSSR count). The van der Waals surface area contributed by atoms with Crippen LogP contribution in [-0.2, 0) is 14.3 Å². The van der Waals surface area contributed by atoms with Crippen molar-refractivity contribution in [1.29, 1.82) is 0 Å². The van der Waals surface area contributed by atoms with Gasteiger partial charge in [0.1, 0.15) is 11.5 Å². The Kier molecular flexibility index (Phi) is 8.28. The molecular weight excluding hydrogens is 452 g/mol. The highest BCUT2D eigenvalue weighted by atomic mass is 35.5. The van der Waals surface area contributed by atoms with Gasteiger partial charge in [0.2, 0.25) is 6.23 Å². The van der Waals surface area contributed by atoms with Crippen LogP contribution in [0, 0.1) is 0 Å². The van der Waals surface area contributed by atoms with Crippen molar-refractivity contribution in [1.82, 2.24) is 24.8 Å². The van der Waals surface area contributed by atoms with Gasteiger partial charge in [0.25, 0.3) is 12.4 Å². The molecule has 1 unspecified atom stereocenters. The molecule has 2 aromatic heterocycles. The first kappa shape index (κ1) is 24.1. The van der Waals surface area contributed by atoms with E-state index >= 15 is 0 Å². The lowest BCUT2D eigenvalue weighted by atomic mass is 10.3. The Balaban J connectivity index is 0.000000454. The number of likely N-dealkylation sites (N-methyl/N-ethyl adjacent to an activating group) is 1. The molecule has 33 heavy (non-hydrogen) atoms. The van der Waals surface area contributed by atoms with Crippen molar-refractivity contribution >= 4 is 35.9 Å². The van der Waals surface area contributed by atoms with Gasteiger partial charge in [-0.05, 0) is 26.1 Å². The second-order valence-electron chi connectivity index (χ2n) is 7.03. The number of aromatic nitrogens is 3. The van der Waals surface area contributed by atoms with Crippen LogP contribution in [0.4, 0.5) is 10.6 Å². The molecule has 1 atom stereocenters. The van der Waals surface area contributed by atoms with Gasteiger partial charge in [-0.25, -0.2) is 19.7 Å². The fourth-order valence-corrected chi connectivity index (χ4v) is 3.26. The Morgan fingerprint density at radius 2 is 1.88 bits per heavy atom. The number of halogens is 1. The van der Waals surface area contributed by atoms with E-state index in [1.54, 1.807) is 30.0 Å². The second kappa shape index (κ2) is 11.3. The van der Waals surface area contributed by atoms with Crippen LogP contribution in [0.5, 0.6) is 0 Å². The van der Waals surface area contributed by atoms with Gasteiger partial charge in [0, 0.05) is 44.8 Å². The number of rotatable bonds is 4. The van der Waals surface area contributed by atoms with E-state index in [2.05, 4.69) is 24.6 Å².